The van der Waals surface area contributed by atoms with Crippen molar-refractivity contribution in [2.75, 3.05) is 11.1 Å². The third kappa shape index (κ3) is 4.11. The molecule has 0 saturated heterocycles. The van der Waals surface area contributed by atoms with Gasteiger partial charge in [0, 0.05) is 11.4 Å². The molecular formula is C17H18N4S. The smallest absolute Gasteiger partial charge is 0.223 e. The summed E-state index contributed by atoms with van der Waals surface area (Å²) in [7, 11) is 0. The third-order valence-corrected chi connectivity index (χ3v) is 4.09. The number of H-pyrrole nitrogens is 1. The number of hydrogen-bond acceptors (Lipinski definition) is 4. The zero-order chi connectivity index (χ0) is 15.2. The monoisotopic (exact) mass is 310 g/mol. The minimum atomic E-state index is 0.672. The Morgan fingerprint density at radius 2 is 1.82 bits per heavy atom. The van der Waals surface area contributed by atoms with E-state index in [4.69, 9.17) is 0 Å². The Kier molecular flexibility index (Phi) is 4.75. The third-order valence-electron chi connectivity index (χ3n) is 3.24. The minimum absolute atomic E-state index is 0.672. The molecule has 2 N–H and O–H groups in total. The molecule has 2 aromatic carbocycles. The van der Waals surface area contributed by atoms with Gasteiger partial charge in [-0.1, -0.05) is 59.8 Å². The molecule has 0 spiro atoms. The molecule has 0 radical (unpaired) electrons. The van der Waals surface area contributed by atoms with Crippen LogP contribution in [0, 0.1) is 6.92 Å². The molecule has 112 valence electrons. The van der Waals surface area contributed by atoms with Gasteiger partial charge in [0.2, 0.25) is 11.1 Å². The predicted molar refractivity (Wildman–Crippen MR) is 91.7 cm³/mol. The number of aromatic amines is 1. The molecule has 3 aromatic rings. The molecule has 0 amide bonds. The molecule has 5 heteroatoms. The van der Waals surface area contributed by atoms with E-state index in [2.05, 4.69) is 63.8 Å². The fraction of sp³-hybridized carbons (Fsp3) is 0.176. The van der Waals surface area contributed by atoms with Gasteiger partial charge in [0.25, 0.3) is 0 Å². The summed E-state index contributed by atoms with van der Waals surface area (Å²) >= 11 is 1.66. The number of thioether (sulfide) groups is 1. The summed E-state index contributed by atoms with van der Waals surface area (Å²) in [5, 5.41) is 11.1. The lowest BCUT2D eigenvalue weighted by molar-refractivity contribution is 0.970. The number of aryl methyl sites for hydroxylation is 2. The number of nitrogens with one attached hydrogen (secondary N) is 2. The Hall–Kier alpha value is -2.27. The van der Waals surface area contributed by atoms with E-state index in [0.717, 1.165) is 23.0 Å². The van der Waals surface area contributed by atoms with Crippen LogP contribution in [0.5, 0.6) is 0 Å². The van der Waals surface area contributed by atoms with Gasteiger partial charge in [-0.2, -0.15) is 4.98 Å². The van der Waals surface area contributed by atoms with Crippen molar-refractivity contribution in [2.45, 2.75) is 18.5 Å². The molecule has 0 aliphatic rings. The maximum atomic E-state index is 4.44. The molecule has 1 aromatic heterocycles. The van der Waals surface area contributed by atoms with Gasteiger partial charge in [0.1, 0.15) is 0 Å². The van der Waals surface area contributed by atoms with Crippen molar-refractivity contribution < 1.29 is 0 Å². The van der Waals surface area contributed by atoms with Crippen LogP contribution in [0.2, 0.25) is 0 Å². The van der Waals surface area contributed by atoms with Crippen molar-refractivity contribution in [3.8, 4) is 0 Å². The zero-order valence-corrected chi connectivity index (χ0v) is 13.2. The first kappa shape index (κ1) is 14.7. The molecule has 0 aliphatic heterocycles. The summed E-state index contributed by atoms with van der Waals surface area (Å²) in [5.74, 6) is 1.64. The summed E-state index contributed by atoms with van der Waals surface area (Å²) in [4.78, 5) is 4.44. The Balaban J connectivity index is 1.51. The Morgan fingerprint density at radius 1 is 1.05 bits per heavy atom. The SMILES string of the molecule is Cc1ccc(Nc2nc(SCCc3ccccc3)n[nH]2)cc1. The molecule has 0 bridgehead atoms. The summed E-state index contributed by atoms with van der Waals surface area (Å²) in [6.45, 7) is 2.07. The summed E-state index contributed by atoms with van der Waals surface area (Å²) < 4.78 is 0. The Labute approximate surface area is 134 Å². The normalized spacial score (nSPS) is 10.6. The highest BCUT2D eigenvalue weighted by Crippen LogP contribution is 2.18. The molecular weight excluding hydrogens is 292 g/mol. The van der Waals surface area contributed by atoms with Crippen molar-refractivity contribution in [1.29, 1.82) is 0 Å². The Morgan fingerprint density at radius 3 is 2.59 bits per heavy atom. The molecule has 0 saturated carbocycles. The fourth-order valence-electron chi connectivity index (χ4n) is 2.05. The van der Waals surface area contributed by atoms with Crippen LogP contribution < -0.4 is 5.32 Å². The van der Waals surface area contributed by atoms with Crippen molar-refractivity contribution in [3.63, 3.8) is 0 Å². The van der Waals surface area contributed by atoms with Gasteiger partial charge in [-0.3, -0.25) is 0 Å². The van der Waals surface area contributed by atoms with Crippen LogP contribution in [0.4, 0.5) is 11.6 Å². The minimum Gasteiger partial charge on any atom is -0.325 e. The standard InChI is InChI=1S/C17H18N4S/c1-13-7-9-15(10-8-13)18-16-19-17(21-20-16)22-12-11-14-5-3-2-4-6-14/h2-10H,11-12H2,1H3,(H2,18,19,20,21). The molecule has 0 unspecified atom stereocenters. The second-order valence-corrected chi connectivity index (χ2v) is 6.10. The van der Waals surface area contributed by atoms with E-state index >= 15 is 0 Å². The van der Waals surface area contributed by atoms with Crippen LogP contribution in [0.15, 0.2) is 59.8 Å². The topological polar surface area (TPSA) is 53.6 Å². The molecule has 3 rings (SSSR count). The van der Waals surface area contributed by atoms with E-state index in [-0.39, 0.29) is 0 Å². The highest BCUT2D eigenvalue weighted by atomic mass is 32.2. The van der Waals surface area contributed by atoms with E-state index < -0.39 is 0 Å². The maximum absolute atomic E-state index is 4.44. The van der Waals surface area contributed by atoms with Crippen LogP contribution >= 0.6 is 11.8 Å². The molecule has 22 heavy (non-hydrogen) atoms. The largest absolute Gasteiger partial charge is 0.325 e. The van der Waals surface area contributed by atoms with Gasteiger partial charge in [0.15, 0.2) is 0 Å². The number of aromatic nitrogens is 3. The molecule has 4 nitrogen and oxygen atoms in total. The number of nitrogens with zero attached hydrogens (tertiary/aromatic N) is 2. The molecule has 1 heterocycles. The predicted octanol–water partition coefficient (Wildman–Crippen LogP) is 4.19. The highest BCUT2D eigenvalue weighted by Gasteiger charge is 2.04. The second-order valence-electron chi connectivity index (χ2n) is 5.04. The average Bonchev–Trinajstić information content (AvgIpc) is 2.98. The van der Waals surface area contributed by atoms with Crippen molar-refractivity contribution in [2.24, 2.45) is 0 Å². The molecule has 0 fully saturated rings. The quantitative estimate of drug-likeness (QED) is 0.670. The van der Waals surface area contributed by atoms with E-state index in [1.165, 1.54) is 11.1 Å². The van der Waals surface area contributed by atoms with E-state index in [1.807, 2.05) is 18.2 Å². The van der Waals surface area contributed by atoms with E-state index in [1.54, 1.807) is 11.8 Å². The Bertz CT molecular complexity index is 707. The van der Waals surface area contributed by atoms with Gasteiger partial charge in [-0.15, -0.1) is 5.10 Å². The fourth-order valence-corrected chi connectivity index (χ4v) is 2.83. The maximum Gasteiger partial charge on any atom is 0.223 e. The van der Waals surface area contributed by atoms with Gasteiger partial charge in [-0.25, -0.2) is 5.10 Å². The van der Waals surface area contributed by atoms with E-state index in [9.17, 15) is 0 Å². The lowest BCUT2D eigenvalue weighted by Crippen LogP contribution is -1.92. The lowest BCUT2D eigenvalue weighted by Gasteiger charge is -2.01. The molecule has 0 aliphatic carbocycles. The number of anilines is 2. The second kappa shape index (κ2) is 7.13. The summed E-state index contributed by atoms with van der Waals surface area (Å²) in [6.07, 6.45) is 1.01. The first-order valence-corrected chi connectivity index (χ1v) is 8.21. The van der Waals surface area contributed by atoms with Gasteiger partial charge >= 0.3 is 0 Å². The summed E-state index contributed by atoms with van der Waals surface area (Å²) in [6, 6.07) is 18.6. The first-order chi connectivity index (χ1) is 10.8. The van der Waals surface area contributed by atoms with Crippen molar-refractivity contribution >= 4 is 23.4 Å². The van der Waals surface area contributed by atoms with Crippen LogP contribution in [-0.4, -0.2) is 20.9 Å². The van der Waals surface area contributed by atoms with Crippen LogP contribution in [0.3, 0.4) is 0 Å². The van der Waals surface area contributed by atoms with Crippen LogP contribution in [-0.2, 0) is 6.42 Å². The highest BCUT2D eigenvalue weighted by molar-refractivity contribution is 7.99. The summed E-state index contributed by atoms with van der Waals surface area (Å²) in [5.41, 5.74) is 3.58. The zero-order valence-electron chi connectivity index (χ0n) is 12.4. The number of rotatable bonds is 6. The van der Waals surface area contributed by atoms with Gasteiger partial charge in [-0.05, 0) is 31.0 Å². The van der Waals surface area contributed by atoms with Gasteiger partial charge in [0.05, 0.1) is 0 Å². The lowest BCUT2D eigenvalue weighted by atomic mass is 10.2. The number of hydrogen-bond donors (Lipinski definition) is 2. The van der Waals surface area contributed by atoms with E-state index in [0.29, 0.717) is 5.95 Å². The first-order valence-electron chi connectivity index (χ1n) is 7.22. The van der Waals surface area contributed by atoms with Gasteiger partial charge < -0.3 is 5.32 Å². The van der Waals surface area contributed by atoms with Crippen LogP contribution in [0.25, 0.3) is 0 Å². The number of benzene rings is 2. The van der Waals surface area contributed by atoms with Crippen LogP contribution in [0.1, 0.15) is 11.1 Å². The van der Waals surface area contributed by atoms with Crippen molar-refractivity contribution in [1.82, 2.24) is 15.2 Å². The molecule has 0 atom stereocenters. The van der Waals surface area contributed by atoms with Crippen molar-refractivity contribution in [3.05, 3.63) is 65.7 Å². The average molecular weight is 310 g/mol.